The first-order chi connectivity index (χ1) is 8.81. The van der Waals surface area contributed by atoms with Crippen LogP contribution in [-0.4, -0.2) is 19.8 Å². The summed E-state index contributed by atoms with van der Waals surface area (Å²) >= 11 is 0. The summed E-state index contributed by atoms with van der Waals surface area (Å²) in [5, 5.41) is 11.5. The highest BCUT2D eigenvalue weighted by molar-refractivity contribution is 5.81. The molecule has 0 aromatic carbocycles. The van der Waals surface area contributed by atoms with Crippen molar-refractivity contribution >= 4 is 11.3 Å². The molecule has 0 spiro atoms. The van der Waals surface area contributed by atoms with Gasteiger partial charge >= 0.3 is 0 Å². The number of nitrogens with zero attached hydrogens (tertiary/aromatic N) is 3. The number of nitrogens with two attached hydrogens (primary N) is 1. The third-order valence-corrected chi connectivity index (χ3v) is 3.09. The summed E-state index contributed by atoms with van der Waals surface area (Å²) in [5.74, 6) is 0.585. The van der Waals surface area contributed by atoms with Gasteiger partial charge in [0.2, 0.25) is 0 Å². The maximum Gasteiger partial charge on any atom is 0.149 e. The Hall–Kier alpha value is -2.30. The molecule has 3 rings (SSSR count). The monoisotopic (exact) mass is 241 g/mol. The maximum atomic E-state index is 5.91. The van der Waals surface area contributed by atoms with Crippen molar-refractivity contribution in [2.45, 2.75) is 19.8 Å². The van der Waals surface area contributed by atoms with Crippen LogP contribution in [0.15, 0.2) is 30.6 Å². The Bertz CT molecular complexity index is 680. The fraction of sp³-hybridized carbons (Fsp3) is 0.231. The molecule has 0 aliphatic heterocycles. The molecule has 0 amide bonds. The lowest BCUT2D eigenvalue weighted by molar-refractivity contribution is 0.927. The van der Waals surface area contributed by atoms with E-state index in [0.29, 0.717) is 5.82 Å². The zero-order valence-electron chi connectivity index (χ0n) is 10.2. The summed E-state index contributed by atoms with van der Waals surface area (Å²) in [6.07, 6.45) is 5.73. The zero-order chi connectivity index (χ0) is 12.5. The Morgan fingerprint density at radius 1 is 1.39 bits per heavy atom. The summed E-state index contributed by atoms with van der Waals surface area (Å²) < 4.78 is 1.85. The van der Waals surface area contributed by atoms with Crippen LogP contribution < -0.4 is 5.73 Å². The molecule has 3 heterocycles. The number of nitrogen functional groups attached to an aromatic ring is 1. The van der Waals surface area contributed by atoms with Crippen molar-refractivity contribution in [3.05, 3.63) is 36.2 Å². The Morgan fingerprint density at radius 3 is 3.11 bits per heavy atom. The van der Waals surface area contributed by atoms with E-state index in [0.717, 1.165) is 35.2 Å². The van der Waals surface area contributed by atoms with Gasteiger partial charge in [-0.1, -0.05) is 19.4 Å². The number of hydrogen-bond acceptors (Lipinski definition) is 3. The SMILES string of the molecule is CCCc1c(N)n[nH]c1-c1cnn2ccccc12. The van der Waals surface area contributed by atoms with Crippen molar-refractivity contribution < 1.29 is 0 Å². The number of fused-ring (bicyclic) bond motifs is 1. The van der Waals surface area contributed by atoms with Crippen LogP contribution in [0.1, 0.15) is 18.9 Å². The van der Waals surface area contributed by atoms with Gasteiger partial charge in [0.15, 0.2) is 0 Å². The van der Waals surface area contributed by atoms with Crippen molar-refractivity contribution in [1.82, 2.24) is 19.8 Å². The largest absolute Gasteiger partial charge is 0.382 e. The van der Waals surface area contributed by atoms with Crippen molar-refractivity contribution in [3.8, 4) is 11.3 Å². The molecule has 0 aliphatic rings. The molecule has 0 saturated heterocycles. The minimum absolute atomic E-state index is 0.585. The van der Waals surface area contributed by atoms with E-state index < -0.39 is 0 Å². The Morgan fingerprint density at radius 2 is 2.28 bits per heavy atom. The van der Waals surface area contributed by atoms with E-state index in [9.17, 15) is 0 Å². The predicted octanol–water partition coefficient (Wildman–Crippen LogP) is 2.26. The average Bonchev–Trinajstić information content (AvgIpc) is 2.95. The van der Waals surface area contributed by atoms with Crippen LogP contribution >= 0.6 is 0 Å². The van der Waals surface area contributed by atoms with Gasteiger partial charge in [-0.25, -0.2) is 4.52 Å². The molecule has 0 bridgehead atoms. The first-order valence-corrected chi connectivity index (χ1v) is 6.06. The van der Waals surface area contributed by atoms with E-state index in [1.165, 1.54) is 0 Å². The highest BCUT2D eigenvalue weighted by atomic mass is 15.2. The fourth-order valence-corrected chi connectivity index (χ4v) is 2.23. The molecule has 0 fully saturated rings. The molecule has 92 valence electrons. The third kappa shape index (κ3) is 1.55. The van der Waals surface area contributed by atoms with E-state index in [1.807, 2.05) is 35.1 Å². The number of hydrogen-bond donors (Lipinski definition) is 2. The summed E-state index contributed by atoms with van der Waals surface area (Å²) in [7, 11) is 0. The van der Waals surface area contributed by atoms with Crippen LogP contribution in [0.25, 0.3) is 16.8 Å². The molecule has 0 atom stereocenters. The summed E-state index contributed by atoms with van der Waals surface area (Å²) in [6, 6.07) is 5.99. The molecule has 3 N–H and O–H groups in total. The number of anilines is 1. The lowest BCUT2D eigenvalue weighted by Crippen LogP contribution is -1.92. The van der Waals surface area contributed by atoms with E-state index in [1.54, 1.807) is 0 Å². The standard InChI is InChI=1S/C13H15N5/c1-2-5-9-12(16-17-13(9)14)10-8-15-18-7-4-3-6-11(10)18/h3-4,6-8H,2,5H2,1H3,(H3,14,16,17). The number of nitrogens with one attached hydrogen (secondary N) is 1. The van der Waals surface area contributed by atoms with Crippen molar-refractivity contribution in [1.29, 1.82) is 0 Å². The van der Waals surface area contributed by atoms with Crippen molar-refractivity contribution in [2.24, 2.45) is 0 Å². The summed E-state index contributed by atoms with van der Waals surface area (Å²) in [5.41, 5.74) is 10.1. The molecule has 5 nitrogen and oxygen atoms in total. The molecule has 3 aromatic heterocycles. The molecule has 18 heavy (non-hydrogen) atoms. The minimum atomic E-state index is 0.585. The van der Waals surface area contributed by atoms with E-state index in [4.69, 9.17) is 5.73 Å². The topological polar surface area (TPSA) is 72.0 Å². The van der Waals surface area contributed by atoms with Gasteiger partial charge < -0.3 is 5.73 Å². The zero-order valence-corrected chi connectivity index (χ0v) is 10.2. The predicted molar refractivity (Wildman–Crippen MR) is 71.2 cm³/mol. The highest BCUT2D eigenvalue weighted by Gasteiger charge is 2.15. The number of pyridine rings is 1. The quantitative estimate of drug-likeness (QED) is 0.738. The molecule has 0 saturated carbocycles. The highest BCUT2D eigenvalue weighted by Crippen LogP contribution is 2.29. The first-order valence-electron chi connectivity index (χ1n) is 6.06. The molecule has 0 aliphatic carbocycles. The van der Waals surface area contributed by atoms with Crippen LogP contribution in [0.4, 0.5) is 5.82 Å². The summed E-state index contributed by atoms with van der Waals surface area (Å²) in [6.45, 7) is 2.13. The molecule has 0 radical (unpaired) electrons. The number of aromatic nitrogens is 4. The van der Waals surface area contributed by atoms with Crippen LogP contribution in [0.3, 0.4) is 0 Å². The lowest BCUT2D eigenvalue weighted by atomic mass is 10.1. The van der Waals surface area contributed by atoms with Crippen LogP contribution in [0.2, 0.25) is 0 Å². The van der Waals surface area contributed by atoms with Gasteiger partial charge in [0.1, 0.15) is 5.82 Å². The second kappa shape index (κ2) is 4.18. The smallest absolute Gasteiger partial charge is 0.149 e. The molecule has 3 aromatic rings. The van der Waals surface area contributed by atoms with Gasteiger partial charge in [-0.15, -0.1) is 0 Å². The Balaban J connectivity index is 2.20. The second-order valence-electron chi connectivity index (χ2n) is 4.30. The first kappa shape index (κ1) is 10.8. The van der Waals surface area contributed by atoms with Crippen molar-refractivity contribution in [3.63, 3.8) is 0 Å². The third-order valence-electron chi connectivity index (χ3n) is 3.09. The number of rotatable bonds is 3. The molecular formula is C13H15N5. The van der Waals surface area contributed by atoms with E-state index in [-0.39, 0.29) is 0 Å². The lowest BCUT2D eigenvalue weighted by Gasteiger charge is -2.01. The Kier molecular flexibility index (Phi) is 2.51. The van der Waals surface area contributed by atoms with Gasteiger partial charge in [-0.05, 0) is 18.6 Å². The van der Waals surface area contributed by atoms with Gasteiger partial charge in [0, 0.05) is 17.3 Å². The van der Waals surface area contributed by atoms with Crippen LogP contribution in [-0.2, 0) is 6.42 Å². The van der Waals surface area contributed by atoms with Gasteiger partial charge in [-0.3, -0.25) is 5.10 Å². The Labute approximate surface area is 105 Å². The molecule has 5 heteroatoms. The van der Waals surface area contributed by atoms with Gasteiger partial charge in [0.25, 0.3) is 0 Å². The molecular weight excluding hydrogens is 226 g/mol. The van der Waals surface area contributed by atoms with E-state index >= 15 is 0 Å². The number of aromatic amines is 1. The van der Waals surface area contributed by atoms with Crippen LogP contribution in [0.5, 0.6) is 0 Å². The molecule has 0 unspecified atom stereocenters. The van der Waals surface area contributed by atoms with Crippen LogP contribution in [0, 0.1) is 0 Å². The fourth-order valence-electron chi connectivity index (χ4n) is 2.23. The maximum absolute atomic E-state index is 5.91. The average molecular weight is 241 g/mol. The summed E-state index contributed by atoms with van der Waals surface area (Å²) in [4.78, 5) is 0. The minimum Gasteiger partial charge on any atom is -0.382 e. The van der Waals surface area contributed by atoms with Crippen molar-refractivity contribution in [2.75, 3.05) is 5.73 Å². The van der Waals surface area contributed by atoms with Gasteiger partial charge in [-0.2, -0.15) is 10.2 Å². The van der Waals surface area contributed by atoms with E-state index in [2.05, 4.69) is 22.2 Å². The number of H-pyrrole nitrogens is 1. The normalized spacial score (nSPS) is 11.2. The van der Waals surface area contributed by atoms with Gasteiger partial charge in [0.05, 0.1) is 17.4 Å². The second-order valence-corrected chi connectivity index (χ2v) is 4.30.